The number of nitrogens with zero attached hydrogens (tertiary/aromatic N) is 2. The molecule has 0 fully saturated rings. The van der Waals surface area contributed by atoms with Crippen LogP contribution in [-0.2, 0) is 0 Å². The molecule has 3 nitrogen and oxygen atoms in total. The maximum Gasteiger partial charge on any atom is 0.149 e. The molecule has 9 rings (SSSR count). The fourth-order valence-electron chi connectivity index (χ4n) is 8.49. The van der Waals surface area contributed by atoms with E-state index in [1.165, 1.54) is 49.1 Å². The minimum atomic E-state index is -0.767. The summed E-state index contributed by atoms with van der Waals surface area (Å²) in [6.45, 7) is 13.4. The maximum atomic E-state index is 9.74. The zero-order valence-electron chi connectivity index (χ0n) is 31.3. The van der Waals surface area contributed by atoms with Crippen molar-refractivity contribution in [2.24, 2.45) is 0 Å². The van der Waals surface area contributed by atoms with Crippen molar-refractivity contribution in [1.29, 1.82) is 0 Å². The van der Waals surface area contributed by atoms with Crippen molar-refractivity contribution in [2.45, 2.75) is 72.1 Å². The van der Waals surface area contributed by atoms with Crippen molar-refractivity contribution in [2.75, 3.05) is 0 Å². The van der Waals surface area contributed by atoms with Crippen LogP contribution in [0.2, 0.25) is 0 Å². The molecule has 0 N–H and O–H groups in total. The van der Waals surface area contributed by atoms with Crippen molar-refractivity contribution in [3.05, 3.63) is 132 Å². The van der Waals surface area contributed by atoms with Crippen LogP contribution in [0, 0.1) is 0 Å². The highest BCUT2D eigenvalue weighted by Crippen LogP contribution is 2.46. The van der Waals surface area contributed by atoms with Crippen LogP contribution in [0.3, 0.4) is 0 Å². The van der Waals surface area contributed by atoms with Gasteiger partial charge in [-0.1, -0.05) is 133 Å². The molecule has 0 radical (unpaired) electrons. The second kappa shape index (κ2) is 12.1. The third kappa shape index (κ3) is 4.82. The minimum Gasteiger partial charge on any atom is -0.455 e. The third-order valence-electron chi connectivity index (χ3n) is 11.1. The van der Waals surface area contributed by atoms with Crippen molar-refractivity contribution >= 4 is 65.3 Å². The number of fused-ring (bicyclic) bond motifs is 9. The predicted molar refractivity (Wildman–Crippen MR) is 218 cm³/mol. The van der Waals surface area contributed by atoms with Crippen LogP contribution in [0.25, 0.3) is 82.4 Å². The molecule has 7 aromatic carbocycles. The SMILES string of the molecule is [2H]C(CC)(CC)c1ccc(-c2nc3ccc4ccccc4c3n2-c2c(C(C)C)cccc2C(C)C)c2oc3cc4c(ccc5ccccc54)cc3c12. The lowest BCUT2D eigenvalue weighted by Gasteiger charge is -2.23. The Morgan fingerprint density at radius 2 is 1.27 bits per heavy atom. The maximum absolute atomic E-state index is 9.74. The van der Waals surface area contributed by atoms with Gasteiger partial charge in [-0.25, -0.2) is 4.98 Å². The Labute approximate surface area is 300 Å². The standard InChI is InChI=1S/C48H44N2O/c1-7-30(8-2)37-23-24-39(47-44(37)41-26-33-21-20-31-14-9-11-16-36(31)40(33)27-43(41)51-47)48-49-42-25-22-32-15-10-12-17-38(32)46(42)50(48)45-34(28(3)4)18-13-19-35(45)29(5)6/h9-30H,7-8H2,1-6H3/i30D. The molecule has 0 saturated heterocycles. The number of aromatic nitrogens is 2. The van der Waals surface area contributed by atoms with Crippen molar-refractivity contribution in [3.8, 4) is 17.1 Å². The molecule has 0 unspecified atom stereocenters. The first-order valence-electron chi connectivity index (χ1n) is 19.1. The molecule has 0 aliphatic carbocycles. The molecule has 0 aliphatic rings. The fourth-order valence-corrected chi connectivity index (χ4v) is 8.49. The molecule has 0 amide bonds. The van der Waals surface area contributed by atoms with E-state index in [2.05, 4.69) is 161 Å². The number of rotatable bonds is 7. The van der Waals surface area contributed by atoms with E-state index >= 15 is 0 Å². The van der Waals surface area contributed by atoms with Gasteiger partial charge in [-0.3, -0.25) is 4.57 Å². The van der Waals surface area contributed by atoms with Gasteiger partial charge < -0.3 is 4.42 Å². The zero-order valence-corrected chi connectivity index (χ0v) is 30.3. The first-order chi connectivity index (χ1) is 25.2. The van der Waals surface area contributed by atoms with E-state index in [0.29, 0.717) is 24.7 Å². The molecule has 2 aromatic heterocycles. The number of hydrogen-bond acceptors (Lipinski definition) is 2. The Morgan fingerprint density at radius 3 is 1.98 bits per heavy atom. The Kier molecular flexibility index (Phi) is 7.23. The fraction of sp³-hybridized carbons (Fsp3) is 0.229. The number of imidazole rings is 1. The first kappa shape index (κ1) is 30.4. The van der Waals surface area contributed by atoms with Gasteiger partial charge in [0.2, 0.25) is 0 Å². The third-order valence-corrected chi connectivity index (χ3v) is 11.1. The second-order valence-electron chi connectivity index (χ2n) is 14.7. The molecule has 0 atom stereocenters. The summed E-state index contributed by atoms with van der Waals surface area (Å²) in [7, 11) is 0. The van der Waals surface area contributed by atoms with Gasteiger partial charge in [-0.05, 0) is 98.5 Å². The Morgan fingerprint density at radius 1 is 0.627 bits per heavy atom. The normalized spacial score (nSPS) is 12.9. The number of benzene rings is 7. The highest BCUT2D eigenvalue weighted by atomic mass is 16.3. The number of hydrogen-bond donors (Lipinski definition) is 0. The van der Waals surface area contributed by atoms with E-state index in [1.807, 2.05) is 0 Å². The average Bonchev–Trinajstić information content (AvgIpc) is 3.75. The number of para-hydroxylation sites is 1. The van der Waals surface area contributed by atoms with Gasteiger partial charge in [0.25, 0.3) is 0 Å². The van der Waals surface area contributed by atoms with Crippen LogP contribution in [-0.4, -0.2) is 9.55 Å². The molecular formula is C48H44N2O. The lowest BCUT2D eigenvalue weighted by molar-refractivity contribution is 0.643. The van der Waals surface area contributed by atoms with Gasteiger partial charge in [0, 0.05) is 17.5 Å². The Hall–Kier alpha value is -5.41. The molecule has 0 bridgehead atoms. The van der Waals surface area contributed by atoms with Crippen LogP contribution >= 0.6 is 0 Å². The predicted octanol–water partition coefficient (Wildman–Crippen LogP) is 14.2. The summed E-state index contributed by atoms with van der Waals surface area (Å²) in [5, 5.41) is 9.17. The van der Waals surface area contributed by atoms with Crippen molar-refractivity contribution in [1.82, 2.24) is 9.55 Å². The minimum absolute atomic E-state index is 0.294. The average molecular weight is 666 g/mol. The largest absolute Gasteiger partial charge is 0.455 e. The van der Waals surface area contributed by atoms with E-state index in [1.54, 1.807) is 0 Å². The second-order valence-corrected chi connectivity index (χ2v) is 14.7. The first-order valence-corrected chi connectivity index (χ1v) is 18.6. The van der Waals surface area contributed by atoms with E-state index in [0.717, 1.165) is 49.9 Å². The molecule has 9 aromatic rings. The summed E-state index contributed by atoms with van der Waals surface area (Å²) in [6.07, 6.45) is 1.40. The van der Waals surface area contributed by atoms with Gasteiger partial charge in [-0.2, -0.15) is 0 Å². The van der Waals surface area contributed by atoms with E-state index in [-0.39, 0.29) is 0 Å². The molecular weight excluding hydrogens is 621 g/mol. The quantitative estimate of drug-likeness (QED) is 0.159. The molecule has 0 spiro atoms. The van der Waals surface area contributed by atoms with Crippen molar-refractivity contribution < 1.29 is 5.79 Å². The van der Waals surface area contributed by atoms with Crippen LogP contribution in [0.4, 0.5) is 0 Å². The number of furan rings is 1. The van der Waals surface area contributed by atoms with Crippen LogP contribution in [0.1, 0.15) is 90.2 Å². The zero-order chi connectivity index (χ0) is 35.9. The summed E-state index contributed by atoms with van der Waals surface area (Å²) in [6, 6.07) is 41.6. The van der Waals surface area contributed by atoms with E-state index < -0.39 is 5.89 Å². The summed E-state index contributed by atoms with van der Waals surface area (Å²) < 4.78 is 19.3. The molecule has 2 heterocycles. The van der Waals surface area contributed by atoms with E-state index in [9.17, 15) is 1.37 Å². The van der Waals surface area contributed by atoms with E-state index in [4.69, 9.17) is 9.40 Å². The van der Waals surface area contributed by atoms with Gasteiger partial charge in [0.15, 0.2) is 0 Å². The van der Waals surface area contributed by atoms with Crippen LogP contribution in [0.15, 0.2) is 120 Å². The topological polar surface area (TPSA) is 31.0 Å². The summed E-state index contributed by atoms with van der Waals surface area (Å²) in [5.41, 5.74) is 9.40. The molecule has 0 saturated carbocycles. The highest BCUT2D eigenvalue weighted by Gasteiger charge is 2.27. The summed E-state index contributed by atoms with van der Waals surface area (Å²) >= 11 is 0. The summed E-state index contributed by atoms with van der Waals surface area (Å²) in [4.78, 5) is 5.51. The van der Waals surface area contributed by atoms with Crippen LogP contribution in [0.5, 0.6) is 0 Å². The Balaban J connectivity index is 1.47. The lowest BCUT2D eigenvalue weighted by atomic mass is 9.88. The van der Waals surface area contributed by atoms with Crippen molar-refractivity contribution in [3.63, 3.8) is 0 Å². The monoisotopic (exact) mass is 665 g/mol. The molecule has 51 heavy (non-hydrogen) atoms. The van der Waals surface area contributed by atoms with Gasteiger partial charge >= 0.3 is 0 Å². The molecule has 3 heteroatoms. The molecule has 0 aliphatic heterocycles. The highest BCUT2D eigenvalue weighted by molar-refractivity contribution is 6.18. The van der Waals surface area contributed by atoms with Crippen LogP contribution < -0.4 is 0 Å². The Bertz CT molecular complexity index is 2820. The van der Waals surface area contributed by atoms with Gasteiger partial charge in [0.05, 0.1) is 22.3 Å². The smallest absolute Gasteiger partial charge is 0.149 e. The van der Waals surface area contributed by atoms with Gasteiger partial charge in [-0.15, -0.1) is 0 Å². The van der Waals surface area contributed by atoms with Gasteiger partial charge in [0.1, 0.15) is 17.0 Å². The summed E-state index contributed by atoms with van der Waals surface area (Å²) in [5.74, 6) is 0.679. The molecule has 252 valence electrons. The lowest BCUT2D eigenvalue weighted by Crippen LogP contribution is -2.09.